The van der Waals surface area contributed by atoms with Gasteiger partial charge in [0.15, 0.2) is 0 Å². The topological polar surface area (TPSA) is 50.9 Å². The number of nitrogens with two attached hydrogens (primary N) is 1. The van der Waals surface area contributed by atoms with Crippen molar-refractivity contribution < 1.29 is 4.39 Å². The molecule has 2 aromatic rings. The number of rotatable bonds is 4. The number of hydrogen-bond donors (Lipinski definition) is 2. The van der Waals surface area contributed by atoms with Gasteiger partial charge >= 0.3 is 0 Å². The number of nitrogens with zero attached hydrogens (tertiary/aromatic N) is 1. The summed E-state index contributed by atoms with van der Waals surface area (Å²) in [6.45, 7) is 2.70. The molecule has 3 nitrogen and oxygen atoms in total. The predicted molar refractivity (Wildman–Crippen MR) is 77.6 cm³/mol. The van der Waals surface area contributed by atoms with Gasteiger partial charge in [0.1, 0.15) is 5.82 Å². The van der Waals surface area contributed by atoms with Gasteiger partial charge in [-0.2, -0.15) is 0 Å². The highest BCUT2D eigenvalue weighted by Crippen LogP contribution is 2.26. The van der Waals surface area contributed by atoms with E-state index in [4.69, 9.17) is 5.73 Å². The Labute approximate surface area is 117 Å². The van der Waals surface area contributed by atoms with Crippen molar-refractivity contribution in [2.45, 2.75) is 13.3 Å². The molecular formula is C12H13BrFN3S. The van der Waals surface area contributed by atoms with Gasteiger partial charge < -0.3 is 11.1 Å². The Morgan fingerprint density at radius 2 is 2.28 bits per heavy atom. The zero-order chi connectivity index (χ0) is 13.1. The van der Waals surface area contributed by atoms with Gasteiger partial charge in [-0.3, -0.25) is 0 Å². The van der Waals surface area contributed by atoms with Crippen molar-refractivity contribution in [3.8, 4) is 0 Å². The van der Waals surface area contributed by atoms with Gasteiger partial charge in [-0.05, 0) is 28.9 Å². The maximum atomic E-state index is 13.2. The Morgan fingerprint density at radius 3 is 2.94 bits per heavy atom. The summed E-state index contributed by atoms with van der Waals surface area (Å²) in [7, 11) is 0. The number of aromatic nitrogens is 1. The molecule has 0 aliphatic heterocycles. The highest BCUT2D eigenvalue weighted by Gasteiger charge is 2.06. The SMILES string of the molecule is Cc1nc(CCNc2cc(Br)c(F)cc2N)cs1. The van der Waals surface area contributed by atoms with E-state index in [1.807, 2.05) is 12.3 Å². The zero-order valence-electron chi connectivity index (χ0n) is 9.84. The Balaban J connectivity index is 1.96. The van der Waals surface area contributed by atoms with Gasteiger partial charge in [0, 0.05) is 24.4 Å². The Bertz CT molecular complexity index is 556. The lowest BCUT2D eigenvalue weighted by molar-refractivity contribution is 0.622. The van der Waals surface area contributed by atoms with Gasteiger partial charge in [-0.25, -0.2) is 9.37 Å². The van der Waals surface area contributed by atoms with E-state index >= 15 is 0 Å². The first kappa shape index (κ1) is 13.3. The fraction of sp³-hybridized carbons (Fsp3) is 0.250. The van der Waals surface area contributed by atoms with E-state index in [0.717, 1.165) is 22.8 Å². The summed E-state index contributed by atoms with van der Waals surface area (Å²) >= 11 is 4.78. The average Bonchev–Trinajstić information content (AvgIpc) is 2.71. The van der Waals surface area contributed by atoms with E-state index in [0.29, 0.717) is 16.7 Å². The first-order valence-electron chi connectivity index (χ1n) is 5.45. The van der Waals surface area contributed by atoms with Gasteiger partial charge in [0.05, 0.1) is 26.5 Å². The minimum absolute atomic E-state index is 0.354. The zero-order valence-corrected chi connectivity index (χ0v) is 12.2. The summed E-state index contributed by atoms with van der Waals surface area (Å²) in [6.07, 6.45) is 0.818. The maximum absolute atomic E-state index is 13.2. The molecule has 1 aromatic heterocycles. The van der Waals surface area contributed by atoms with Crippen molar-refractivity contribution in [3.63, 3.8) is 0 Å². The molecule has 0 spiro atoms. The second-order valence-electron chi connectivity index (χ2n) is 3.89. The van der Waals surface area contributed by atoms with Crippen molar-refractivity contribution in [2.75, 3.05) is 17.6 Å². The number of benzene rings is 1. The molecule has 0 atom stereocenters. The van der Waals surface area contributed by atoms with Crippen LogP contribution in [0.1, 0.15) is 10.7 Å². The molecule has 0 radical (unpaired) electrons. The molecule has 2 rings (SSSR count). The second kappa shape index (κ2) is 5.67. The monoisotopic (exact) mass is 329 g/mol. The third-order valence-corrected chi connectivity index (χ3v) is 3.89. The number of anilines is 2. The summed E-state index contributed by atoms with van der Waals surface area (Å²) in [5, 5.41) is 6.29. The normalized spacial score (nSPS) is 10.6. The van der Waals surface area contributed by atoms with Crippen molar-refractivity contribution in [2.24, 2.45) is 0 Å². The molecule has 0 saturated carbocycles. The average molecular weight is 330 g/mol. The second-order valence-corrected chi connectivity index (χ2v) is 5.80. The molecule has 0 bridgehead atoms. The summed E-state index contributed by atoms with van der Waals surface area (Å²) in [6, 6.07) is 2.95. The van der Waals surface area contributed by atoms with Gasteiger partial charge in [0.2, 0.25) is 0 Å². The highest BCUT2D eigenvalue weighted by atomic mass is 79.9. The van der Waals surface area contributed by atoms with E-state index in [9.17, 15) is 4.39 Å². The summed E-state index contributed by atoms with van der Waals surface area (Å²) in [5.41, 5.74) is 7.94. The number of halogens is 2. The molecule has 6 heteroatoms. The Hall–Kier alpha value is -1.14. The minimum atomic E-state index is -0.354. The third-order valence-electron chi connectivity index (χ3n) is 2.46. The first-order chi connectivity index (χ1) is 8.56. The lowest BCUT2D eigenvalue weighted by atomic mass is 10.2. The van der Waals surface area contributed by atoms with Gasteiger partial charge in [0.25, 0.3) is 0 Å². The van der Waals surface area contributed by atoms with Crippen LogP contribution in [-0.4, -0.2) is 11.5 Å². The Kier molecular flexibility index (Phi) is 4.19. The van der Waals surface area contributed by atoms with E-state index < -0.39 is 0 Å². The molecule has 1 aromatic carbocycles. The molecule has 0 aliphatic carbocycles. The van der Waals surface area contributed by atoms with E-state index in [1.165, 1.54) is 6.07 Å². The molecule has 18 heavy (non-hydrogen) atoms. The van der Waals surface area contributed by atoms with Gasteiger partial charge in [-0.1, -0.05) is 0 Å². The van der Waals surface area contributed by atoms with Crippen LogP contribution in [0.4, 0.5) is 15.8 Å². The molecule has 1 heterocycles. The van der Waals surface area contributed by atoms with Crippen LogP contribution in [0.15, 0.2) is 22.0 Å². The van der Waals surface area contributed by atoms with Crippen molar-refractivity contribution >= 4 is 38.6 Å². The fourth-order valence-electron chi connectivity index (χ4n) is 1.56. The van der Waals surface area contributed by atoms with Crippen LogP contribution in [0.3, 0.4) is 0 Å². The van der Waals surface area contributed by atoms with Crippen LogP contribution in [0.2, 0.25) is 0 Å². The molecule has 0 unspecified atom stereocenters. The molecular weight excluding hydrogens is 317 g/mol. The summed E-state index contributed by atoms with van der Waals surface area (Å²) < 4.78 is 13.6. The first-order valence-corrected chi connectivity index (χ1v) is 7.13. The number of aryl methyl sites for hydroxylation is 1. The quantitative estimate of drug-likeness (QED) is 0.843. The van der Waals surface area contributed by atoms with Crippen LogP contribution in [0.25, 0.3) is 0 Å². The third kappa shape index (κ3) is 3.20. The summed E-state index contributed by atoms with van der Waals surface area (Å²) in [5.74, 6) is -0.354. The smallest absolute Gasteiger partial charge is 0.139 e. The molecule has 96 valence electrons. The van der Waals surface area contributed by atoms with Crippen LogP contribution < -0.4 is 11.1 Å². The fourth-order valence-corrected chi connectivity index (χ4v) is 2.55. The lowest BCUT2D eigenvalue weighted by Crippen LogP contribution is -2.07. The molecule has 0 amide bonds. The maximum Gasteiger partial charge on any atom is 0.139 e. The van der Waals surface area contributed by atoms with Crippen LogP contribution in [0.5, 0.6) is 0 Å². The van der Waals surface area contributed by atoms with E-state index in [1.54, 1.807) is 17.4 Å². The van der Waals surface area contributed by atoms with E-state index in [2.05, 4.69) is 26.2 Å². The lowest BCUT2D eigenvalue weighted by Gasteiger charge is -2.09. The van der Waals surface area contributed by atoms with Crippen molar-refractivity contribution in [1.29, 1.82) is 0 Å². The van der Waals surface area contributed by atoms with Crippen molar-refractivity contribution in [3.05, 3.63) is 38.5 Å². The molecule has 0 aliphatic rings. The van der Waals surface area contributed by atoms with Crippen LogP contribution in [0, 0.1) is 12.7 Å². The van der Waals surface area contributed by atoms with Gasteiger partial charge in [-0.15, -0.1) is 11.3 Å². The Morgan fingerprint density at radius 1 is 1.50 bits per heavy atom. The highest BCUT2D eigenvalue weighted by molar-refractivity contribution is 9.10. The largest absolute Gasteiger partial charge is 0.397 e. The summed E-state index contributed by atoms with van der Waals surface area (Å²) in [4.78, 5) is 4.37. The number of nitrogens with one attached hydrogen (secondary N) is 1. The molecule has 3 N–H and O–H groups in total. The van der Waals surface area contributed by atoms with Crippen LogP contribution in [-0.2, 0) is 6.42 Å². The number of hydrogen-bond acceptors (Lipinski definition) is 4. The molecule has 0 saturated heterocycles. The number of thiazole rings is 1. The van der Waals surface area contributed by atoms with Crippen molar-refractivity contribution in [1.82, 2.24) is 4.98 Å². The standard InChI is InChI=1S/C12H13BrFN3S/c1-7-17-8(6-18-7)2-3-16-12-4-9(13)10(14)5-11(12)15/h4-6,16H,2-3,15H2,1H3. The predicted octanol–water partition coefficient (Wildman–Crippen LogP) is 3.59. The van der Waals surface area contributed by atoms with Crippen LogP contribution >= 0.6 is 27.3 Å². The minimum Gasteiger partial charge on any atom is -0.397 e. The molecule has 0 fully saturated rings. The van der Waals surface area contributed by atoms with E-state index in [-0.39, 0.29) is 5.82 Å². The number of nitrogen functional groups attached to an aromatic ring is 1.